The van der Waals surface area contributed by atoms with Crippen LogP contribution in [0.4, 0.5) is 0 Å². The van der Waals surface area contributed by atoms with Gasteiger partial charge in [-0.05, 0) is 33.1 Å². The smallest absolute Gasteiger partial charge is 0.244 e. The Kier molecular flexibility index (Phi) is 6.13. The van der Waals surface area contributed by atoms with Crippen molar-refractivity contribution in [3.63, 3.8) is 0 Å². The number of nitrogens with zero attached hydrogens (tertiary/aromatic N) is 1. The topological polar surface area (TPSA) is 98.7 Å². The van der Waals surface area contributed by atoms with Crippen LogP contribution in [-0.2, 0) is 14.4 Å². The van der Waals surface area contributed by atoms with E-state index in [9.17, 15) is 14.4 Å². The summed E-state index contributed by atoms with van der Waals surface area (Å²) in [5.41, 5.74) is 0. The van der Waals surface area contributed by atoms with E-state index in [0.29, 0.717) is 25.8 Å². The predicted octanol–water partition coefficient (Wildman–Crippen LogP) is 0.494. The third kappa shape index (κ3) is 3.29. The van der Waals surface area contributed by atoms with E-state index in [1.165, 1.54) is 0 Å². The van der Waals surface area contributed by atoms with Gasteiger partial charge >= 0.3 is 0 Å². The van der Waals surface area contributed by atoms with Crippen molar-refractivity contribution in [1.29, 1.82) is 0 Å². The lowest BCUT2D eigenvalue weighted by Gasteiger charge is -2.35. The number of aliphatic hydroxyl groups excluding tert-OH is 1. The summed E-state index contributed by atoms with van der Waals surface area (Å²) in [6, 6.07) is -0.610. The molecule has 3 amide bonds. The molecular weight excluding hydrogens is 434 g/mol. The number of carbonyl (C=O) groups excluding carboxylic acids is 3. The maximum Gasteiger partial charge on any atom is 0.244 e. The van der Waals surface area contributed by atoms with Crippen molar-refractivity contribution in [2.75, 3.05) is 20.2 Å². The molecule has 6 atom stereocenters. The van der Waals surface area contributed by atoms with Crippen molar-refractivity contribution in [1.82, 2.24) is 15.5 Å². The quantitative estimate of drug-likeness (QED) is 0.378. The summed E-state index contributed by atoms with van der Waals surface area (Å²) in [7, 11) is 1.59. The number of hydrogen-bond acceptors (Lipinski definition) is 5. The van der Waals surface area contributed by atoms with Crippen LogP contribution in [0, 0.1) is 11.8 Å². The van der Waals surface area contributed by atoms with Crippen molar-refractivity contribution >= 4 is 45.4 Å². The van der Waals surface area contributed by atoms with E-state index in [1.807, 2.05) is 13.8 Å². The van der Waals surface area contributed by atoms with Gasteiger partial charge in [0.15, 0.2) is 0 Å². The first kappa shape index (κ1) is 20.9. The van der Waals surface area contributed by atoms with E-state index < -0.39 is 22.6 Å². The Morgan fingerprint density at radius 2 is 2.07 bits per heavy atom. The second kappa shape index (κ2) is 7.91. The molecule has 0 radical (unpaired) electrons. The molecule has 3 heterocycles. The van der Waals surface area contributed by atoms with Crippen molar-refractivity contribution in [2.45, 2.75) is 60.0 Å². The fourth-order valence-electron chi connectivity index (χ4n) is 4.89. The second-order valence-electron chi connectivity index (χ2n) is 7.90. The van der Waals surface area contributed by atoms with Gasteiger partial charge in [0.1, 0.15) is 6.04 Å². The van der Waals surface area contributed by atoms with E-state index in [4.69, 9.17) is 5.11 Å². The number of nitrogens with one attached hydrogen (secondary N) is 2. The summed E-state index contributed by atoms with van der Waals surface area (Å²) in [4.78, 5) is 40.9. The van der Waals surface area contributed by atoms with Crippen LogP contribution in [0.2, 0.25) is 0 Å². The molecule has 152 valence electrons. The summed E-state index contributed by atoms with van der Waals surface area (Å²) in [6.45, 7) is 4.28. The summed E-state index contributed by atoms with van der Waals surface area (Å²) in [5.74, 6) is -1.27. The molecular formula is C18H28BrN3O4S. The highest BCUT2D eigenvalue weighted by Gasteiger charge is 2.75. The zero-order valence-electron chi connectivity index (χ0n) is 15.9. The number of likely N-dealkylation sites (tertiary alicyclic amines) is 1. The zero-order valence-corrected chi connectivity index (χ0v) is 18.3. The molecule has 0 aromatic rings. The van der Waals surface area contributed by atoms with Gasteiger partial charge in [0.2, 0.25) is 17.7 Å². The molecule has 0 aromatic carbocycles. The van der Waals surface area contributed by atoms with Gasteiger partial charge in [-0.1, -0.05) is 15.9 Å². The van der Waals surface area contributed by atoms with Crippen LogP contribution in [0.3, 0.4) is 0 Å². The second-order valence-corrected chi connectivity index (χ2v) is 10.6. The third-order valence-corrected chi connectivity index (χ3v) is 9.04. The average Bonchev–Trinajstić information content (AvgIpc) is 3.18. The van der Waals surface area contributed by atoms with Gasteiger partial charge in [0, 0.05) is 36.3 Å². The standard InChI is InChI=1S/C18H28BrN3O4S/c1-9(2)21-16(25)14-18-8-10(19)13(27-18)11(15(24)20-3)12(18)17(26)22(14)6-4-5-7-23/h9-14,23H,4-8H2,1-3H3,(H,20,24)(H,21,25)/t10?,11-,12+,13-,14?,18?/m1/s1. The van der Waals surface area contributed by atoms with Gasteiger partial charge < -0.3 is 20.6 Å². The van der Waals surface area contributed by atoms with Gasteiger partial charge in [0.05, 0.1) is 16.6 Å². The average molecular weight is 462 g/mol. The molecule has 3 saturated heterocycles. The van der Waals surface area contributed by atoms with Gasteiger partial charge in [-0.3, -0.25) is 14.4 Å². The van der Waals surface area contributed by atoms with E-state index in [0.717, 1.165) is 0 Å². The first-order valence-corrected chi connectivity index (χ1v) is 11.3. The molecule has 3 unspecified atom stereocenters. The van der Waals surface area contributed by atoms with Crippen LogP contribution in [0.1, 0.15) is 33.1 Å². The van der Waals surface area contributed by atoms with Gasteiger partial charge in [0.25, 0.3) is 0 Å². The number of thioether (sulfide) groups is 1. The van der Waals surface area contributed by atoms with Gasteiger partial charge in [-0.15, -0.1) is 11.8 Å². The lowest BCUT2D eigenvalue weighted by Crippen LogP contribution is -2.55. The third-order valence-electron chi connectivity index (χ3n) is 5.82. The molecule has 3 aliphatic heterocycles. The Hall–Kier alpha value is -0.800. The van der Waals surface area contributed by atoms with Crippen molar-refractivity contribution in [2.24, 2.45) is 11.8 Å². The molecule has 0 aliphatic carbocycles. The molecule has 2 bridgehead atoms. The highest BCUT2D eigenvalue weighted by Crippen LogP contribution is 2.67. The maximum atomic E-state index is 13.4. The Morgan fingerprint density at radius 3 is 2.67 bits per heavy atom. The van der Waals surface area contributed by atoms with Crippen molar-refractivity contribution in [3.8, 4) is 0 Å². The lowest BCUT2D eigenvalue weighted by atomic mass is 9.70. The molecule has 7 nitrogen and oxygen atoms in total. The summed E-state index contributed by atoms with van der Waals surface area (Å²) in [5, 5.41) is 14.8. The molecule has 27 heavy (non-hydrogen) atoms. The molecule has 3 N–H and O–H groups in total. The Labute approximate surface area is 172 Å². The summed E-state index contributed by atoms with van der Waals surface area (Å²) >= 11 is 5.34. The van der Waals surface area contributed by atoms with Gasteiger partial charge in [-0.25, -0.2) is 0 Å². The number of rotatable bonds is 7. The fraction of sp³-hybridized carbons (Fsp3) is 0.833. The number of halogens is 1. The van der Waals surface area contributed by atoms with Crippen LogP contribution in [-0.4, -0.2) is 74.8 Å². The minimum atomic E-state index is -0.583. The molecule has 0 aromatic heterocycles. The normalized spacial score (nSPS) is 37.0. The van der Waals surface area contributed by atoms with E-state index in [1.54, 1.807) is 23.7 Å². The number of alkyl halides is 1. The Morgan fingerprint density at radius 1 is 1.37 bits per heavy atom. The van der Waals surface area contributed by atoms with E-state index in [2.05, 4.69) is 26.6 Å². The number of aliphatic hydroxyl groups is 1. The van der Waals surface area contributed by atoms with Crippen molar-refractivity contribution < 1.29 is 19.5 Å². The van der Waals surface area contributed by atoms with Crippen LogP contribution in [0.5, 0.6) is 0 Å². The van der Waals surface area contributed by atoms with Crippen LogP contribution < -0.4 is 10.6 Å². The van der Waals surface area contributed by atoms with Crippen LogP contribution in [0.15, 0.2) is 0 Å². The summed E-state index contributed by atoms with van der Waals surface area (Å²) < 4.78 is -0.578. The largest absolute Gasteiger partial charge is 0.396 e. The minimum absolute atomic E-state index is 0.00663. The SMILES string of the molecule is CNC(=O)[C@H]1[C@@H]2SC3(CC2Br)C(C(=O)NC(C)C)N(CCCCO)C(=O)[C@H]13. The maximum absolute atomic E-state index is 13.4. The molecule has 3 rings (SSSR count). The number of unbranched alkanes of at least 4 members (excludes halogenated alkanes) is 1. The van der Waals surface area contributed by atoms with E-state index >= 15 is 0 Å². The first-order chi connectivity index (χ1) is 12.8. The van der Waals surface area contributed by atoms with Crippen LogP contribution in [0.25, 0.3) is 0 Å². The molecule has 9 heteroatoms. The molecule has 3 aliphatic rings. The number of amides is 3. The first-order valence-electron chi connectivity index (χ1n) is 9.53. The monoisotopic (exact) mass is 461 g/mol. The minimum Gasteiger partial charge on any atom is -0.396 e. The highest BCUT2D eigenvalue weighted by atomic mass is 79.9. The van der Waals surface area contributed by atoms with E-state index in [-0.39, 0.29) is 40.4 Å². The molecule has 0 saturated carbocycles. The Bertz CT molecular complexity index is 634. The van der Waals surface area contributed by atoms with Crippen molar-refractivity contribution in [3.05, 3.63) is 0 Å². The van der Waals surface area contributed by atoms with Crippen LogP contribution >= 0.6 is 27.7 Å². The Balaban J connectivity index is 1.99. The van der Waals surface area contributed by atoms with Gasteiger partial charge in [-0.2, -0.15) is 0 Å². The molecule has 1 spiro atoms. The number of fused-ring (bicyclic) bond motifs is 1. The molecule has 3 fully saturated rings. The zero-order chi connectivity index (χ0) is 19.9. The fourth-order valence-corrected chi connectivity index (χ4v) is 8.51. The predicted molar refractivity (Wildman–Crippen MR) is 108 cm³/mol. The number of hydrogen-bond donors (Lipinski definition) is 3. The summed E-state index contributed by atoms with van der Waals surface area (Å²) in [6.07, 6.45) is 1.90. The number of carbonyl (C=O) groups is 3. The lowest BCUT2D eigenvalue weighted by molar-refractivity contribution is -0.140. The highest BCUT2D eigenvalue weighted by molar-refractivity contribution is 9.09.